The van der Waals surface area contributed by atoms with Gasteiger partial charge < -0.3 is 10.3 Å². The molecule has 0 aliphatic heterocycles. The van der Waals surface area contributed by atoms with Crippen LogP contribution >= 0.6 is 15.9 Å². The first kappa shape index (κ1) is 9.51. The lowest BCUT2D eigenvalue weighted by Crippen LogP contribution is -2.07. The summed E-state index contributed by atoms with van der Waals surface area (Å²) in [5.74, 6) is 0.186. The number of hydroxylamine groups is 1. The van der Waals surface area contributed by atoms with Crippen LogP contribution in [0, 0.1) is 6.92 Å². The number of rotatable bonds is 2. The van der Waals surface area contributed by atoms with Crippen molar-refractivity contribution in [1.82, 2.24) is 5.48 Å². The second-order valence-corrected chi connectivity index (χ2v) is 3.42. The Morgan fingerprint density at radius 2 is 2.17 bits per heavy atom. The van der Waals surface area contributed by atoms with Crippen molar-refractivity contribution in [3.63, 3.8) is 0 Å². The van der Waals surface area contributed by atoms with Gasteiger partial charge in [0.05, 0.1) is 4.47 Å². The molecule has 0 aromatic heterocycles. The van der Waals surface area contributed by atoms with E-state index in [9.17, 15) is 5.11 Å². The smallest absolute Gasteiger partial charge is 0.130 e. The summed E-state index contributed by atoms with van der Waals surface area (Å²) in [5.41, 5.74) is 3.93. The van der Waals surface area contributed by atoms with Gasteiger partial charge in [-0.1, -0.05) is 0 Å². The molecule has 0 unspecified atom stereocenters. The van der Waals surface area contributed by atoms with Crippen molar-refractivity contribution in [3.05, 3.63) is 27.7 Å². The van der Waals surface area contributed by atoms with Gasteiger partial charge in [0.1, 0.15) is 5.75 Å². The van der Waals surface area contributed by atoms with Crippen molar-refractivity contribution in [1.29, 1.82) is 0 Å². The minimum absolute atomic E-state index is 0.186. The molecule has 1 rings (SSSR count). The van der Waals surface area contributed by atoms with Gasteiger partial charge in [-0.3, -0.25) is 0 Å². The molecule has 3 N–H and O–H groups in total. The fourth-order valence-electron chi connectivity index (χ4n) is 0.980. The Balaban J connectivity index is 3.05. The van der Waals surface area contributed by atoms with Crippen LogP contribution in [0.2, 0.25) is 0 Å². The Morgan fingerprint density at radius 1 is 1.50 bits per heavy atom. The molecule has 1 aromatic rings. The molecule has 0 saturated carbocycles. The molecular weight excluding hydrogens is 222 g/mol. The second kappa shape index (κ2) is 3.89. The number of aromatic hydroxyl groups is 1. The number of hydrogen-bond donors (Lipinski definition) is 3. The largest absolute Gasteiger partial charge is 0.507 e. The van der Waals surface area contributed by atoms with Crippen LogP contribution in [0.1, 0.15) is 11.1 Å². The van der Waals surface area contributed by atoms with Gasteiger partial charge in [-0.15, -0.1) is 0 Å². The second-order valence-electron chi connectivity index (χ2n) is 2.56. The van der Waals surface area contributed by atoms with Crippen LogP contribution in [0.4, 0.5) is 0 Å². The van der Waals surface area contributed by atoms with Gasteiger partial charge in [-0.25, -0.2) is 5.48 Å². The highest BCUT2D eigenvalue weighted by Gasteiger charge is 2.03. The predicted octanol–water partition coefficient (Wildman–Crippen LogP) is 1.94. The summed E-state index contributed by atoms with van der Waals surface area (Å²) >= 11 is 3.20. The molecule has 3 nitrogen and oxygen atoms in total. The number of aryl methyl sites for hydroxylation is 1. The SMILES string of the molecule is Cc1cc(Br)c(O)cc1CNO. The zero-order chi connectivity index (χ0) is 9.14. The lowest BCUT2D eigenvalue weighted by molar-refractivity contribution is 0.161. The Morgan fingerprint density at radius 3 is 2.75 bits per heavy atom. The Labute approximate surface area is 79.1 Å². The van der Waals surface area contributed by atoms with E-state index >= 15 is 0 Å². The zero-order valence-electron chi connectivity index (χ0n) is 6.63. The molecular formula is C8H10BrNO2. The van der Waals surface area contributed by atoms with Crippen LogP contribution < -0.4 is 5.48 Å². The molecule has 0 bridgehead atoms. The molecule has 0 spiro atoms. The number of phenols is 1. The lowest BCUT2D eigenvalue weighted by Gasteiger charge is -2.06. The number of halogens is 1. The average molecular weight is 232 g/mol. The van der Waals surface area contributed by atoms with E-state index in [4.69, 9.17) is 5.21 Å². The van der Waals surface area contributed by atoms with Gasteiger partial charge in [0, 0.05) is 6.54 Å². The van der Waals surface area contributed by atoms with Crippen LogP contribution in [0.3, 0.4) is 0 Å². The average Bonchev–Trinajstić information content (AvgIpc) is 2.01. The molecule has 0 radical (unpaired) electrons. The van der Waals surface area contributed by atoms with E-state index in [1.165, 1.54) is 0 Å². The quantitative estimate of drug-likeness (QED) is 0.683. The molecule has 0 aliphatic rings. The highest BCUT2D eigenvalue weighted by Crippen LogP contribution is 2.26. The zero-order valence-corrected chi connectivity index (χ0v) is 8.22. The van der Waals surface area contributed by atoms with E-state index in [1.54, 1.807) is 6.07 Å². The van der Waals surface area contributed by atoms with Gasteiger partial charge in [0.15, 0.2) is 0 Å². The maximum Gasteiger partial charge on any atom is 0.130 e. The van der Waals surface area contributed by atoms with Gasteiger partial charge >= 0.3 is 0 Å². The molecule has 0 fully saturated rings. The molecule has 12 heavy (non-hydrogen) atoms. The molecule has 0 saturated heterocycles. The Kier molecular flexibility index (Phi) is 3.08. The van der Waals surface area contributed by atoms with Gasteiger partial charge in [-0.05, 0) is 46.1 Å². The van der Waals surface area contributed by atoms with E-state index in [0.29, 0.717) is 11.0 Å². The van der Waals surface area contributed by atoms with Crippen molar-refractivity contribution >= 4 is 15.9 Å². The standard InChI is InChI=1S/C8H10BrNO2/c1-5-2-7(9)8(11)3-6(5)4-10-12/h2-3,10-12H,4H2,1H3. The molecule has 0 amide bonds. The monoisotopic (exact) mass is 231 g/mol. The summed E-state index contributed by atoms with van der Waals surface area (Å²) in [6, 6.07) is 3.42. The van der Waals surface area contributed by atoms with Crippen molar-refractivity contribution in [3.8, 4) is 5.75 Å². The first-order valence-corrected chi connectivity index (χ1v) is 4.29. The molecule has 4 heteroatoms. The fraction of sp³-hybridized carbons (Fsp3) is 0.250. The minimum atomic E-state index is 0.186. The van der Waals surface area contributed by atoms with E-state index in [2.05, 4.69) is 15.9 Å². The van der Waals surface area contributed by atoms with Gasteiger partial charge in [-0.2, -0.15) is 0 Å². The Bertz CT molecular complexity index is 289. The third-order valence-corrected chi connectivity index (χ3v) is 2.31. The van der Waals surface area contributed by atoms with E-state index < -0.39 is 0 Å². The summed E-state index contributed by atoms with van der Waals surface area (Å²) in [6.45, 7) is 2.25. The van der Waals surface area contributed by atoms with Gasteiger partial charge in [0.2, 0.25) is 0 Å². The van der Waals surface area contributed by atoms with E-state index in [-0.39, 0.29) is 5.75 Å². The maximum absolute atomic E-state index is 9.29. The third-order valence-electron chi connectivity index (χ3n) is 1.67. The van der Waals surface area contributed by atoms with E-state index in [1.807, 2.05) is 18.5 Å². The fourth-order valence-corrected chi connectivity index (χ4v) is 1.44. The first-order chi connectivity index (χ1) is 5.65. The molecule has 0 aliphatic carbocycles. The maximum atomic E-state index is 9.29. The molecule has 0 atom stereocenters. The number of phenolic OH excluding ortho intramolecular Hbond substituents is 1. The predicted molar refractivity (Wildman–Crippen MR) is 49.2 cm³/mol. The van der Waals surface area contributed by atoms with Crippen LogP contribution in [0.25, 0.3) is 0 Å². The first-order valence-electron chi connectivity index (χ1n) is 3.50. The molecule has 0 heterocycles. The summed E-state index contributed by atoms with van der Waals surface area (Å²) in [7, 11) is 0. The normalized spacial score (nSPS) is 10.2. The summed E-state index contributed by atoms with van der Waals surface area (Å²) in [5, 5.41) is 17.8. The summed E-state index contributed by atoms with van der Waals surface area (Å²) < 4.78 is 0.668. The number of benzene rings is 1. The highest BCUT2D eigenvalue weighted by atomic mass is 79.9. The van der Waals surface area contributed by atoms with Crippen molar-refractivity contribution in [2.24, 2.45) is 0 Å². The van der Waals surface area contributed by atoms with Crippen LogP contribution in [0.5, 0.6) is 5.75 Å². The minimum Gasteiger partial charge on any atom is -0.507 e. The third kappa shape index (κ3) is 1.97. The van der Waals surface area contributed by atoms with Crippen molar-refractivity contribution in [2.45, 2.75) is 13.5 Å². The van der Waals surface area contributed by atoms with Crippen LogP contribution in [-0.2, 0) is 6.54 Å². The Hall–Kier alpha value is -0.580. The highest BCUT2D eigenvalue weighted by molar-refractivity contribution is 9.10. The van der Waals surface area contributed by atoms with Crippen LogP contribution in [0.15, 0.2) is 16.6 Å². The van der Waals surface area contributed by atoms with Crippen molar-refractivity contribution < 1.29 is 10.3 Å². The van der Waals surface area contributed by atoms with Crippen molar-refractivity contribution in [2.75, 3.05) is 0 Å². The number of nitrogens with one attached hydrogen (secondary N) is 1. The van der Waals surface area contributed by atoms with E-state index in [0.717, 1.165) is 11.1 Å². The molecule has 66 valence electrons. The van der Waals surface area contributed by atoms with Gasteiger partial charge in [0.25, 0.3) is 0 Å². The molecule has 1 aromatic carbocycles. The number of hydrogen-bond acceptors (Lipinski definition) is 3. The lowest BCUT2D eigenvalue weighted by atomic mass is 10.1. The summed E-state index contributed by atoms with van der Waals surface area (Å²) in [4.78, 5) is 0. The summed E-state index contributed by atoms with van der Waals surface area (Å²) in [6.07, 6.45) is 0. The van der Waals surface area contributed by atoms with Crippen LogP contribution in [-0.4, -0.2) is 10.3 Å². The topological polar surface area (TPSA) is 52.5 Å².